The SMILES string of the molecule is Cc1ccc(S(=O)(=O)N(C)C)cc1NC(=O)C(C)Oc1cc(C(F)(F)F)cc(C(F)(F)F)c1. The molecule has 1 amide bonds. The Hall–Kier alpha value is -2.80. The van der Waals surface area contributed by atoms with E-state index in [4.69, 9.17) is 4.74 Å². The number of anilines is 1. The summed E-state index contributed by atoms with van der Waals surface area (Å²) in [6.07, 6.45) is -11.6. The standard InChI is InChI=1S/C20H20F6N2O4S/c1-11-5-6-16(33(30,31)28(3)4)10-17(11)27-18(29)12(2)32-15-8-13(19(21,22)23)7-14(9-15)20(24,25)26/h5-10,12H,1-4H3,(H,27,29). The van der Waals surface area contributed by atoms with Gasteiger partial charge in [-0.05, 0) is 49.7 Å². The molecule has 13 heteroatoms. The minimum Gasteiger partial charge on any atom is -0.481 e. The van der Waals surface area contributed by atoms with E-state index in [-0.39, 0.29) is 16.6 Å². The third-order valence-corrected chi connectivity index (χ3v) is 6.30. The summed E-state index contributed by atoms with van der Waals surface area (Å²) in [6.45, 7) is 2.69. The lowest BCUT2D eigenvalue weighted by Crippen LogP contribution is -2.31. The Bertz CT molecular complexity index is 1110. The first kappa shape index (κ1) is 26.5. The van der Waals surface area contributed by atoms with E-state index in [1.54, 1.807) is 6.92 Å². The van der Waals surface area contributed by atoms with Crippen molar-refractivity contribution < 1.29 is 44.3 Å². The lowest BCUT2D eigenvalue weighted by atomic mass is 10.1. The Kier molecular flexibility index (Phi) is 7.39. The van der Waals surface area contributed by atoms with Crippen LogP contribution in [0, 0.1) is 6.92 Å². The number of nitrogens with zero attached hydrogens (tertiary/aromatic N) is 1. The Morgan fingerprint density at radius 2 is 1.48 bits per heavy atom. The summed E-state index contributed by atoms with van der Waals surface area (Å²) in [5, 5.41) is 2.38. The highest BCUT2D eigenvalue weighted by Crippen LogP contribution is 2.38. The van der Waals surface area contributed by atoms with Crippen molar-refractivity contribution >= 4 is 21.6 Å². The smallest absolute Gasteiger partial charge is 0.416 e. The minimum absolute atomic E-state index is 0.0579. The largest absolute Gasteiger partial charge is 0.481 e. The van der Waals surface area contributed by atoms with Crippen molar-refractivity contribution in [3.8, 4) is 5.75 Å². The molecule has 0 spiro atoms. The number of ether oxygens (including phenoxy) is 1. The average Bonchev–Trinajstić information content (AvgIpc) is 2.67. The molecule has 182 valence electrons. The number of hydrogen-bond acceptors (Lipinski definition) is 4. The molecule has 0 aliphatic heterocycles. The topological polar surface area (TPSA) is 75.7 Å². The molecule has 0 bridgehead atoms. The number of alkyl halides is 6. The van der Waals surface area contributed by atoms with Gasteiger partial charge in [0, 0.05) is 19.8 Å². The van der Waals surface area contributed by atoms with Crippen LogP contribution >= 0.6 is 0 Å². The van der Waals surface area contributed by atoms with E-state index in [0.29, 0.717) is 17.7 Å². The number of rotatable bonds is 6. The number of aryl methyl sites for hydroxylation is 1. The van der Waals surface area contributed by atoms with Crippen LogP contribution in [-0.2, 0) is 27.2 Å². The molecular weight excluding hydrogens is 478 g/mol. The Morgan fingerprint density at radius 1 is 0.970 bits per heavy atom. The molecule has 0 heterocycles. The molecule has 0 fully saturated rings. The lowest BCUT2D eigenvalue weighted by molar-refractivity contribution is -0.143. The van der Waals surface area contributed by atoms with Gasteiger partial charge in [-0.1, -0.05) is 6.07 Å². The molecule has 33 heavy (non-hydrogen) atoms. The number of benzene rings is 2. The van der Waals surface area contributed by atoms with Gasteiger partial charge in [0.1, 0.15) is 5.75 Å². The Labute approximate surface area is 186 Å². The third-order valence-electron chi connectivity index (χ3n) is 4.49. The van der Waals surface area contributed by atoms with Gasteiger partial charge in [0.15, 0.2) is 6.10 Å². The van der Waals surface area contributed by atoms with Crippen LogP contribution in [0.25, 0.3) is 0 Å². The first-order valence-corrected chi connectivity index (χ1v) is 10.7. The zero-order valence-corrected chi connectivity index (χ0v) is 18.6. The van der Waals surface area contributed by atoms with Crippen molar-refractivity contribution in [2.24, 2.45) is 0 Å². The summed E-state index contributed by atoms with van der Waals surface area (Å²) >= 11 is 0. The molecular formula is C20H20F6N2O4S. The molecule has 0 saturated carbocycles. The van der Waals surface area contributed by atoms with Gasteiger partial charge in [0.05, 0.1) is 16.0 Å². The van der Waals surface area contributed by atoms with Crippen molar-refractivity contribution in [3.05, 3.63) is 53.1 Å². The summed E-state index contributed by atoms with van der Waals surface area (Å²) in [5.41, 5.74) is -2.63. The Balaban J connectivity index is 2.31. The zero-order chi connectivity index (χ0) is 25.4. The molecule has 0 aromatic heterocycles. The highest BCUT2D eigenvalue weighted by Gasteiger charge is 2.37. The van der Waals surface area contributed by atoms with Crippen LogP contribution in [0.15, 0.2) is 41.3 Å². The summed E-state index contributed by atoms with van der Waals surface area (Å²) in [6, 6.07) is 4.59. The highest BCUT2D eigenvalue weighted by atomic mass is 32.2. The van der Waals surface area contributed by atoms with Crippen LogP contribution in [0.2, 0.25) is 0 Å². The van der Waals surface area contributed by atoms with Crippen molar-refractivity contribution in [1.29, 1.82) is 0 Å². The number of nitrogens with one attached hydrogen (secondary N) is 1. The first-order chi connectivity index (χ1) is 14.9. The summed E-state index contributed by atoms with van der Waals surface area (Å²) in [4.78, 5) is 12.4. The van der Waals surface area contributed by atoms with E-state index >= 15 is 0 Å². The van der Waals surface area contributed by atoms with Gasteiger partial charge in [-0.25, -0.2) is 12.7 Å². The molecule has 1 atom stereocenters. The second-order valence-electron chi connectivity index (χ2n) is 7.26. The van der Waals surface area contributed by atoms with Gasteiger partial charge < -0.3 is 10.1 Å². The molecule has 1 N–H and O–H groups in total. The van der Waals surface area contributed by atoms with Crippen molar-refractivity contribution in [3.63, 3.8) is 0 Å². The van der Waals surface area contributed by atoms with E-state index in [1.807, 2.05) is 0 Å². The van der Waals surface area contributed by atoms with Crippen LogP contribution in [-0.4, -0.2) is 38.8 Å². The normalized spacial score (nSPS) is 13.7. The molecule has 0 aliphatic rings. The molecule has 0 radical (unpaired) electrons. The van der Waals surface area contributed by atoms with Crippen LogP contribution in [0.5, 0.6) is 5.75 Å². The minimum atomic E-state index is -5.07. The molecule has 2 aromatic rings. The average molecular weight is 498 g/mol. The zero-order valence-electron chi connectivity index (χ0n) is 17.8. The lowest BCUT2D eigenvalue weighted by Gasteiger charge is -2.19. The second-order valence-corrected chi connectivity index (χ2v) is 9.41. The highest BCUT2D eigenvalue weighted by molar-refractivity contribution is 7.89. The van der Waals surface area contributed by atoms with E-state index in [9.17, 15) is 39.6 Å². The maximum Gasteiger partial charge on any atom is 0.416 e. The number of carbonyl (C=O) groups is 1. The number of carbonyl (C=O) groups excluding carboxylic acids is 1. The predicted molar refractivity (Wildman–Crippen MR) is 107 cm³/mol. The summed E-state index contributed by atoms with van der Waals surface area (Å²) in [5.74, 6) is -1.72. The van der Waals surface area contributed by atoms with Gasteiger partial charge >= 0.3 is 12.4 Å². The van der Waals surface area contributed by atoms with Gasteiger partial charge in [0.2, 0.25) is 10.0 Å². The van der Waals surface area contributed by atoms with Crippen LogP contribution in [0.3, 0.4) is 0 Å². The summed E-state index contributed by atoms with van der Waals surface area (Å²) < 4.78 is 109. The van der Waals surface area contributed by atoms with E-state index in [0.717, 1.165) is 11.2 Å². The van der Waals surface area contributed by atoms with E-state index in [2.05, 4.69) is 5.32 Å². The van der Waals surface area contributed by atoms with Crippen LogP contribution < -0.4 is 10.1 Å². The van der Waals surface area contributed by atoms with Gasteiger partial charge in [-0.3, -0.25) is 4.79 Å². The van der Waals surface area contributed by atoms with Gasteiger partial charge in [-0.2, -0.15) is 26.3 Å². The van der Waals surface area contributed by atoms with Crippen LogP contribution in [0.4, 0.5) is 32.0 Å². The molecule has 2 aromatic carbocycles. The Morgan fingerprint density at radius 3 is 1.94 bits per heavy atom. The van der Waals surface area contributed by atoms with E-state index in [1.165, 1.54) is 32.3 Å². The fourth-order valence-corrected chi connectivity index (χ4v) is 3.52. The van der Waals surface area contributed by atoms with Crippen molar-refractivity contribution in [2.75, 3.05) is 19.4 Å². The molecule has 6 nitrogen and oxygen atoms in total. The number of halogens is 6. The maximum absolute atomic E-state index is 13.0. The maximum atomic E-state index is 13.0. The van der Waals surface area contributed by atoms with Crippen molar-refractivity contribution in [2.45, 2.75) is 37.2 Å². The number of hydrogen-bond donors (Lipinski definition) is 1. The van der Waals surface area contributed by atoms with Gasteiger partial charge in [0.25, 0.3) is 5.91 Å². The molecule has 0 saturated heterocycles. The number of sulfonamides is 1. The third kappa shape index (κ3) is 6.38. The van der Waals surface area contributed by atoms with Crippen molar-refractivity contribution in [1.82, 2.24) is 4.31 Å². The fourth-order valence-electron chi connectivity index (χ4n) is 2.59. The second kappa shape index (κ2) is 9.21. The monoisotopic (exact) mass is 498 g/mol. The molecule has 2 rings (SSSR count). The molecule has 1 unspecified atom stereocenters. The quantitative estimate of drug-likeness (QED) is 0.587. The summed E-state index contributed by atoms with van der Waals surface area (Å²) in [7, 11) is -1.19. The van der Waals surface area contributed by atoms with E-state index < -0.39 is 51.3 Å². The van der Waals surface area contributed by atoms with Gasteiger partial charge in [-0.15, -0.1) is 0 Å². The molecule has 0 aliphatic carbocycles. The van der Waals surface area contributed by atoms with Crippen LogP contribution in [0.1, 0.15) is 23.6 Å². The number of amides is 1. The fraction of sp³-hybridized carbons (Fsp3) is 0.350. The first-order valence-electron chi connectivity index (χ1n) is 9.23. The predicted octanol–water partition coefficient (Wildman–Crippen LogP) is 4.69.